The van der Waals surface area contributed by atoms with Gasteiger partial charge in [-0.15, -0.1) is 0 Å². The Bertz CT molecular complexity index is 771. The first-order valence-corrected chi connectivity index (χ1v) is 8.31. The highest BCUT2D eigenvalue weighted by Gasteiger charge is 2.31. The number of hydrogen-bond donors (Lipinski definition) is 0. The van der Waals surface area contributed by atoms with Crippen molar-refractivity contribution in [3.63, 3.8) is 0 Å². The van der Waals surface area contributed by atoms with Gasteiger partial charge < -0.3 is 4.74 Å². The van der Waals surface area contributed by atoms with E-state index in [4.69, 9.17) is 27.9 Å². The molecule has 0 spiro atoms. The predicted molar refractivity (Wildman–Crippen MR) is 98.5 cm³/mol. The Labute approximate surface area is 156 Å². The Morgan fingerprint density at radius 3 is 2.32 bits per heavy atom. The van der Waals surface area contributed by atoms with Gasteiger partial charge in [0.1, 0.15) is 17.6 Å². The number of amides is 1. The lowest BCUT2D eigenvalue weighted by Crippen LogP contribution is -2.46. The minimum Gasteiger partial charge on any atom is -0.444 e. The third kappa shape index (κ3) is 4.94. The van der Waals surface area contributed by atoms with Crippen LogP contribution in [0.4, 0.5) is 10.6 Å². The van der Waals surface area contributed by atoms with Gasteiger partial charge in [0.05, 0.1) is 5.56 Å². The number of anilines is 1. The second-order valence-electron chi connectivity index (χ2n) is 6.35. The lowest BCUT2D eigenvalue weighted by atomic mass is 10.1. The van der Waals surface area contributed by atoms with Gasteiger partial charge in [-0.05, 0) is 50.6 Å². The highest BCUT2D eigenvalue weighted by atomic mass is 35.5. The molecule has 2 aromatic rings. The molecule has 1 aromatic heterocycles. The van der Waals surface area contributed by atoms with Crippen LogP contribution in [0.1, 0.15) is 36.7 Å². The fourth-order valence-corrected chi connectivity index (χ4v) is 2.47. The molecule has 7 heteroatoms. The first kappa shape index (κ1) is 19.2. The number of aldehydes is 1. The SMILES string of the molecule is CC(C)(C)N(C(=O)OCc1ccc(Cl)cc1)c1ccc(C=O)c(Cl)n1. The van der Waals surface area contributed by atoms with Crippen molar-refractivity contribution in [3.8, 4) is 0 Å². The summed E-state index contributed by atoms with van der Waals surface area (Å²) in [4.78, 5) is 29.0. The lowest BCUT2D eigenvalue weighted by molar-refractivity contribution is 0.112. The largest absolute Gasteiger partial charge is 0.444 e. The maximum atomic E-state index is 12.6. The summed E-state index contributed by atoms with van der Waals surface area (Å²) in [5.41, 5.74) is 0.471. The first-order valence-electron chi connectivity index (χ1n) is 7.55. The number of ether oxygens (including phenoxy) is 1. The van der Waals surface area contributed by atoms with Gasteiger partial charge in [0.2, 0.25) is 0 Å². The number of carbonyl (C=O) groups excluding carboxylic acids is 2. The van der Waals surface area contributed by atoms with E-state index in [2.05, 4.69) is 4.98 Å². The second kappa shape index (κ2) is 7.85. The molecule has 0 saturated heterocycles. The van der Waals surface area contributed by atoms with Gasteiger partial charge in [-0.3, -0.25) is 9.69 Å². The third-order valence-electron chi connectivity index (χ3n) is 3.35. The Kier molecular flexibility index (Phi) is 6.03. The molecule has 0 atom stereocenters. The second-order valence-corrected chi connectivity index (χ2v) is 7.15. The van der Waals surface area contributed by atoms with E-state index in [9.17, 15) is 9.59 Å². The van der Waals surface area contributed by atoms with Crippen molar-refractivity contribution in [1.29, 1.82) is 0 Å². The van der Waals surface area contributed by atoms with E-state index in [0.29, 0.717) is 17.1 Å². The van der Waals surface area contributed by atoms with Gasteiger partial charge in [0.15, 0.2) is 6.29 Å². The molecule has 0 N–H and O–H groups in total. The smallest absolute Gasteiger partial charge is 0.416 e. The minimum atomic E-state index is -0.601. The number of pyridine rings is 1. The molecule has 1 amide bonds. The highest BCUT2D eigenvalue weighted by Crippen LogP contribution is 2.26. The van der Waals surface area contributed by atoms with Gasteiger partial charge >= 0.3 is 6.09 Å². The topological polar surface area (TPSA) is 59.5 Å². The monoisotopic (exact) mass is 380 g/mol. The Morgan fingerprint density at radius 1 is 1.16 bits per heavy atom. The fourth-order valence-electron chi connectivity index (χ4n) is 2.15. The first-order chi connectivity index (χ1) is 11.7. The number of hydrogen-bond acceptors (Lipinski definition) is 4. The van der Waals surface area contributed by atoms with Gasteiger partial charge in [0, 0.05) is 10.6 Å². The molecule has 0 aliphatic heterocycles. The molecule has 0 radical (unpaired) electrons. The lowest BCUT2D eigenvalue weighted by Gasteiger charge is -2.33. The molecule has 0 aliphatic rings. The maximum Gasteiger partial charge on any atom is 0.416 e. The van der Waals surface area contributed by atoms with Crippen LogP contribution in [0.3, 0.4) is 0 Å². The van der Waals surface area contributed by atoms with Crippen molar-refractivity contribution in [2.45, 2.75) is 32.9 Å². The molecule has 1 heterocycles. The molecule has 0 aliphatic carbocycles. The summed E-state index contributed by atoms with van der Waals surface area (Å²) in [6.07, 6.45) is 0.0456. The zero-order valence-electron chi connectivity index (χ0n) is 14.1. The molecule has 0 bridgehead atoms. The molecule has 0 unspecified atom stereocenters. The van der Waals surface area contributed by atoms with Crippen LogP contribution in [0, 0.1) is 0 Å². The number of aromatic nitrogens is 1. The van der Waals surface area contributed by atoms with Crippen LogP contribution in [-0.2, 0) is 11.3 Å². The Morgan fingerprint density at radius 2 is 1.80 bits per heavy atom. The quantitative estimate of drug-likeness (QED) is 0.543. The standard InChI is InChI=1S/C18H18Cl2N2O3/c1-18(2,3)22(15-9-6-13(10-23)16(20)21-15)17(24)25-11-12-4-7-14(19)8-5-12/h4-10H,11H2,1-3H3. The summed E-state index contributed by atoms with van der Waals surface area (Å²) in [7, 11) is 0. The van der Waals surface area contributed by atoms with Crippen LogP contribution < -0.4 is 4.90 Å². The van der Waals surface area contributed by atoms with Crippen molar-refractivity contribution in [2.24, 2.45) is 0 Å². The zero-order valence-corrected chi connectivity index (χ0v) is 15.6. The van der Waals surface area contributed by atoms with Gasteiger partial charge in [-0.25, -0.2) is 9.78 Å². The van der Waals surface area contributed by atoms with E-state index >= 15 is 0 Å². The molecule has 0 saturated carbocycles. The molecule has 1 aromatic carbocycles. The zero-order chi connectivity index (χ0) is 18.6. The fraction of sp³-hybridized carbons (Fsp3) is 0.278. The van der Waals surface area contributed by atoms with E-state index < -0.39 is 11.6 Å². The molecule has 2 rings (SSSR count). The maximum absolute atomic E-state index is 12.6. The van der Waals surface area contributed by atoms with Crippen molar-refractivity contribution in [1.82, 2.24) is 4.98 Å². The summed E-state index contributed by atoms with van der Waals surface area (Å²) in [6, 6.07) is 10.1. The minimum absolute atomic E-state index is 0.0345. The number of halogens is 2. The molecule has 25 heavy (non-hydrogen) atoms. The van der Waals surface area contributed by atoms with E-state index in [1.807, 2.05) is 20.8 Å². The predicted octanol–water partition coefficient (Wildman–Crippen LogP) is 5.14. The van der Waals surface area contributed by atoms with Gasteiger partial charge in [-0.2, -0.15) is 0 Å². The Balaban J connectivity index is 2.22. The van der Waals surface area contributed by atoms with E-state index in [1.54, 1.807) is 30.3 Å². The van der Waals surface area contributed by atoms with Gasteiger partial charge in [0.25, 0.3) is 0 Å². The summed E-state index contributed by atoms with van der Waals surface area (Å²) >= 11 is 11.8. The van der Waals surface area contributed by atoms with Crippen LogP contribution in [0.2, 0.25) is 10.2 Å². The number of rotatable bonds is 4. The highest BCUT2D eigenvalue weighted by molar-refractivity contribution is 6.32. The summed E-state index contributed by atoms with van der Waals surface area (Å²) < 4.78 is 5.40. The van der Waals surface area contributed by atoms with E-state index in [0.717, 1.165) is 5.56 Å². The van der Waals surface area contributed by atoms with Crippen molar-refractivity contribution in [2.75, 3.05) is 4.90 Å². The molecular formula is C18H18Cl2N2O3. The van der Waals surface area contributed by atoms with Gasteiger partial charge in [-0.1, -0.05) is 35.3 Å². The Hall–Kier alpha value is -2.11. The normalized spacial score (nSPS) is 11.1. The average Bonchev–Trinajstić information content (AvgIpc) is 2.53. The van der Waals surface area contributed by atoms with Crippen LogP contribution in [0.5, 0.6) is 0 Å². The van der Waals surface area contributed by atoms with Crippen LogP contribution in [0.25, 0.3) is 0 Å². The van der Waals surface area contributed by atoms with Crippen LogP contribution >= 0.6 is 23.2 Å². The number of nitrogens with zero attached hydrogens (tertiary/aromatic N) is 2. The third-order valence-corrected chi connectivity index (χ3v) is 3.90. The summed E-state index contributed by atoms with van der Waals surface area (Å²) in [6.45, 7) is 5.64. The van der Waals surface area contributed by atoms with Crippen molar-refractivity contribution >= 4 is 41.4 Å². The van der Waals surface area contributed by atoms with Crippen LogP contribution in [-0.4, -0.2) is 22.9 Å². The molecule has 132 valence electrons. The number of benzene rings is 1. The van der Waals surface area contributed by atoms with E-state index in [1.165, 1.54) is 11.0 Å². The number of carbonyl (C=O) groups is 2. The average molecular weight is 381 g/mol. The van der Waals surface area contributed by atoms with Crippen molar-refractivity contribution in [3.05, 3.63) is 57.7 Å². The summed E-state index contributed by atoms with van der Waals surface area (Å²) in [5, 5.41) is 0.646. The molecular weight excluding hydrogens is 363 g/mol. The molecule has 0 fully saturated rings. The van der Waals surface area contributed by atoms with Crippen LogP contribution in [0.15, 0.2) is 36.4 Å². The van der Waals surface area contributed by atoms with Crippen molar-refractivity contribution < 1.29 is 14.3 Å². The summed E-state index contributed by atoms with van der Waals surface area (Å²) in [5.74, 6) is 0.309. The van der Waals surface area contributed by atoms with E-state index in [-0.39, 0.29) is 17.3 Å². The molecule has 5 nitrogen and oxygen atoms in total.